The summed E-state index contributed by atoms with van der Waals surface area (Å²) < 4.78 is 7.83. The average Bonchev–Trinajstić information content (AvgIpc) is 3.17. The molecule has 1 aromatic heterocycles. The van der Waals surface area contributed by atoms with E-state index in [9.17, 15) is 5.11 Å². The first-order chi connectivity index (χ1) is 14.2. The lowest BCUT2D eigenvalue weighted by molar-refractivity contribution is 0.131. The van der Waals surface area contributed by atoms with Crippen LogP contribution in [0, 0.1) is 0 Å². The van der Waals surface area contributed by atoms with Crippen LogP contribution in [-0.2, 0) is 26.6 Å². The molecule has 4 rings (SSSR count). The third kappa shape index (κ3) is 4.69. The highest BCUT2D eigenvalue weighted by molar-refractivity contribution is 5.33. The third-order valence-corrected chi connectivity index (χ3v) is 5.76. The molecule has 0 amide bonds. The first-order valence-electron chi connectivity index (χ1n) is 10.4. The Labute approximate surface area is 172 Å². The number of hydrogen-bond acceptors (Lipinski definition) is 4. The van der Waals surface area contributed by atoms with E-state index < -0.39 is 0 Å². The van der Waals surface area contributed by atoms with Crippen LogP contribution in [0.2, 0.25) is 0 Å². The van der Waals surface area contributed by atoms with Gasteiger partial charge in [0.25, 0.3) is 0 Å². The van der Waals surface area contributed by atoms with E-state index in [0.717, 1.165) is 31.0 Å². The maximum absolute atomic E-state index is 9.65. The second-order valence-electron chi connectivity index (χ2n) is 7.69. The number of aryl methyl sites for hydroxylation is 2. The van der Waals surface area contributed by atoms with E-state index in [4.69, 9.17) is 4.74 Å². The maximum Gasteiger partial charge on any atom is 0.146 e. The van der Waals surface area contributed by atoms with E-state index in [1.807, 2.05) is 29.9 Å². The zero-order chi connectivity index (χ0) is 20.1. The molecule has 0 fully saturated rings. The number of hydrogen-bond donors (Lipinski definition) is 1. The molecule has 0 saturated heterocycles. The molecule has 0 radical (unpaired) electrons. The average molecular weight is 392 g/mol. The minimum absolute atomic E-state index is 0.170. The second kappa shape index (κ2) is 9.25. The maximum atomic E-state index is 9.65. The number of aliphatic hydroxyl groups excluding tert-OH is 1. The molecule has 1 N–H and O–H groups in total. The number of aromatic nitrogens is 2. The molecule has 2 aromatic carbocycles. The lowest BCUT2D eigenvalue weighted by atomic mass is 9.86. The topological polar surface area (TPSA) is 50.5 Å². The molecule has 152 valence electrons. The summed E-state index contributed by atoms with van der Waals surface area (Å²) in [4.78, 5) is 6.69. The van der Waals surface area contributed by atoms with Gasteiger partial charge >= 0.3 is 0 Å². The molecule has 0 bridgehead atoms. The Bertz CT molecular complexity index is 920. The van der Waals surface area contributed by atoms with E-state index in [1.165, 1.54) is 23.1 Å². The summed E-state index contributed by atoms with van der Waals surface area (Å²) in [5, 5.41) is 9.65. The van der Waals surface area contributed by atoms with Gasteiger partial charge in [0.15, 0.2) is 0 Å². The van der Waals surface area contributed by atoms with Crippen molar-refractivity contribution in [2.45, 2.75) is 38.5 Å². The fourth-order valence-corrected chi connectivity index (χ4v) is 4.19. The minimum Gasteiger partial charge on any atom is -0.486 e. The molecular formula is C24H29N3O2. The van der Waals surface area contributed by atoms with Crippen LogP contribution in [0.4, 0.5) is 0 Å². The zero-order valence-electron chi connectivity index (χ0n) is 17.0. The van der Waals surface area contributed by atoms with Gasteiger partial charge in [-0.05, 0) is 48.1 Å². The van der Waals surface area contributed by atoms with E-state index in [-0.39, 0.29) is 6.61 Å². The SMILES string of the molecule is Cn1ccnc1COc1ccc(CN(CCO)[C@H]2CCCc3ccccc32)cc1. The van der Waals surface area contributed by atoms with E-state index in [1.54, 1.807) is 6.20 Å². The van der Waals surface area contributed by atoms with E-state index in [2.05, 4.69) is 46.3 Å². The highest BCUT2D eigenvalue weighted by atomic mass is 16.5. The lowest BCUT2D eigenvalue weighted by Crippen LogP contribution is -2.33. The van der Waals surface area contributed by atoms with Crippen molar-refractivity contribution in [2.75, 3.05) is 13.2 Å². The minimum atomic E-state index is 0.170. The molecule has 1 heterocycles. The Hall–Kier alpha value is -2.63. The van der Waals surface area contributed by atoms with Gasteiger partial charge in [0.05, 0.1) is 6.61 Å². The Kier molecular flexibility index (Phi) is 6.27. The molecule has 1 atom stereocenters. The predicted molar refractivity (Wildman–Crippen MR) is 114 cm³/mol. The van der Waals surface area contributed by atoms with Crippen molar-refractivity contribution < 1.29 is 9.84 Å². The van der Waals surface area contributed by atoms with Gasteiger partial charge in [-0.25, -0.2) is 4.98 Å². The number of rotatable bonds is 8. The molecule has 0 spiro atoms. The molecule has 3 aromatic rings. The predicted octanol–water partition coefficient (Wildman–Crippen LogP) is 3.87. The smallest absolute Gasteiger partial charge is 0.146 e. The molecule has 1 aliphatic carbocycles. The van der Waals surface area contributed by atoms with Gasteiger partial charge in [-0.3, -0.25) is 4.90 Å². The fraction of sp³-hybridized carbons (Fsp3) is 0.375. The quantitative estimate of drug-likeness (QED) is 0.633. The summed E-state index contributed by atoms with van der Waals surface area (Å²) >= 11 is 0. The molecule has 5 heteroatoms. The Morgan fingerprint density at radius 2 is 2.00 bits per heavy atom. The summed E-state index contributed by atoms with van der Waals surface area (Å²) in [6.07, 6.45) is 7.19. The summed E-state index contributed by atoms with van der Waals surface area (Å²) in [5.41, 5.74) is 4.10. The Morgan fingerprint density at radius 3 is 2.76 bits per heavy atom. The van der Waals surface area contributed by atoms with Crippen LogP contribution in [-0.4, -0.2) is 32.7 Å². The number of imidazole rings is 1. The van der Waals surface area contributed by atoms with Crippen molar-refractivity contribution in [3.05, 3.63) is 83.4 Å². The number of fused-ring (bicyclic) bond motifs is 1. The normalized spacial score (nSPS) is 16.0. The van der Waals surface area contributed by atoms with Crippen molar-refractivity contribution in [2.24, 2.45) is 7.05 Å². The van der Waals surface area contributed by atoms with Gasteiger partial charge in [-0.2, -0.15) is 0 Å². The molecule has 29 heavy (non-hydrogen) atoms. The van der Waals surface area contributed by atoms with Crippen LogP contribution >= 0.6 is 0 Å². The van der Waals surface area contributed by atoms with Crippen molar-refractivity contribution in [3.63, 3.8) is 0 Å². The van der Waals surface area contributed by atoms with Crippen LogP contribution in [0.3, 0.4) is 0 Å². The Morgan fingerprint density at radius 1 is 1.17 bits per heavy atom. The fourth-order valence-electron chi connectivity index (χ4n) is 4.19. The van der Waals surface area contributed by atoms with Gasteiger partial charge in [-0.15, -0.1) is 0 Å². The number of benzene rings is 2. The van der Waals surface area contributed by atoms with Gasteiger partial charge < -0.3 is 14.4 Å². The van der Waals surface area contributed by atoms with Crippen molar-refractivity contribution in [1.82, 2.24) is 14.5 Å². The van der Waals surface area contributed by atoms with Crippen LogP contribution in [0.25, 0.3) is 0 Å². The van der Waals surface area contributed by atoms with Gasteiger partial charge in [0.2, 0.25) is 0 Å². The molecular weight excluding hydrogens is 362 g/mol. The first-order valence-corrected chi connectivity index (χ1v) is 10.4. The van der Waals surface area contributed by atoms with Crippen molar-refractivity contribution >= 4 is 0 Å². The highest BCUT2D eigenvalue weighted by Crippen LogP contribution is 2.35. The van der Waals surface area contributed by atoms with Crippen LogP contribution in [0.15, 0.2) is 60.9 Å². The second-order valence-corrected chi connectivity index (χ2v) is 7.69. The molecule has 1 aliphatic rings. The van der Waals surface area contributed by atoms with Crippen LogP contribution < -0.4 is 4.74 Å². The number of nitrogens with zero attached hydrogens (tertiary/aromatic N) is 3. The lowest BCUT2D eigenvalue weighted by Gasteiger charge is -2.35. The molecule has 5 nitrogen and oxygen atoms in total. The van der Waals surface area contributed by atoms with Gasteiger partial charge in [0, 0.05) is 38.6 Å². The summed E-state index contributed by atoms with van der Waals surface area (Å²) in [6.45, 7) is 2.12. The summed E-state index contributed by atoms with van der Waals surface area (Å²) in [5.74, 6) is 1.74. The Balaban J connectivity index is 1.43. The number of aliphatic hydroxyl groups is 1. The van der Waals surface area contributed by atoms with Crippen LogP contribution in [0.5, 0.6) is 5.75 Å². The third-order valence-electron chi connectivity index (χ3n) is 5.76. The largest absolute Gasteiger partial charge is 0.486 e. The van der Waals surface area contributed by atoms with Gasteiger partial charge in [-0.1, -0.05) is 36.4 Å². The summed E-state index contributed by atoms with van der Waals surface area (Å²) in [6, 6.07) is 17.4. The van der Waals surface area contributed by atoms with Crippen LogP contribution in [0.1, 0.15) is 41.4 Å². The van der Waals surface area contributed by atoms with E-state index >= 15 is 0 Å². The molecule has 0 aliphatic heterocycles. The highest BCUT2D eigenvalue weighted by Gasteiger charge is 2.25. The standard InChI is InChI=1S/C24H29N3O2/c1-26-14-13-25-24(26)18-29-21-11-9-19(10-12-21)17-27(15-16-28)23-8-4-6-20-5-2-3-7-22(20)23/h2-3,5,7,9-14,23,28H,4,6,8,15-18H2,1H3/t23-/m0/s1. The van der Waals surface area contributed by atoms with E-state index in [0.29, 0.717) is 19.2 Å². The zero-order valence-corrected chi connectivity index (χ0v) is 17.0. The monoisotopic (exact) mass is 391 g/mol. The summed E-state index contributed by atoms with van der Waals surface area (Å²) in [7, 11) is 1.97. The van der Waals surface area contributed by atoms with Crippen molar-refractivity contribution in [3.8, 4) is 5.75 Å². The first kappa shape index (κ1) is 19.7. The molecule has 0 saturated carbocycles. The van der Waals surface area contributed by atoms with Gasteiger partial charge in [0.1, 0.15) is 18.2 Å². The number of ether oxygens (including phenoxy) is 1. The van der Waals surface area contributed by atoms with Crippen molar-refractivity contribution in [1.29, 1.82) is 0 Å². The molecule has 0 unspecified atom stereocenters.